The molecular weight excluding hydrogens is 260 g/mol. The normalized spacial score (nSPS) is 23.7. The van der Waals surface area contributed by atoms with E-state index in [2.05, 4.69) is 22.3 Å². The summed E-state index contributed by atoms with van der Waals surface area (Å²) in [7, 11) is 0. The van der Waals surface area contributed by atoms with Gasteiger partial charge >= 0.3 is 0 Å². The monoisotopic (exact) mass is 278 g/mol. The van der Waals surface area contributed by atoms with Crippen LogP contribution in [0.4, 0.5) is 5.13 Å². The van der Waals surface area contributed by atoms with Gasteiger partial charge in [0.25, 0.3) is 5.56 Å². The van der Waals surface area contributed by atoms with Crippen LogP contribution in [-0.2, 0) is 0 Å². The van der Waals surface area contributed by atoms with E-state index in [0.29, 0.717) is 16.9 Å². The van der Waals surface area contributed by atoms with E-state index < -0.39 is 0 Å². The van der Waals surface area contributed by atoms with Crippen molar-refractivity contribution < 1.29 is 0 Å². The molecule has 0 spiro atoms. The Hall–Kier alpha value is -1.43. The lowest BCUT2D eigenvalue weighted by Gasteiger charge is -2.29. The standard InChI is InChI=1S/C13H18N4OS/c1-8-5-3-4-6-10(8)15-12-16-17-11(18)7-9(2)14-13(17)19-12/h7-8,10H,3-6H2,1-2H3,(H,15,16). The van der Waals surface area contributed by atoms with Crippen molar-refractivity contribution in [2.24, 2.45) is 5.92 Å². The predicted octanol–water partition coefficient (Wildman–Crippen LogP) is 2.45. The number of nitrogens with zero attached hydrogens (tertiary/aromatic N) is 3. The van der Waals surface area contributed by atoms with Gasteiger partial charge in [0, 0.05) is 17.8 Å². The Kier molecular flexibility index (Phi) is 3.26. The Morgan fingerprint density at radius 1 is 1.42 bits per heavy atom. The largest absolute Gasteiger partial charge is 0.357 e. The molecule has 2 aromatic rings. The lowest BCUT2D eigenvalue weighted by Crippen LogP contribution is -2.30. The molecule has 1 aliphatic carbocycles. The van der Waals surface area contributed by atoms with Crippen LogP contribution >= 0.6 is 11.3 Å². The molecule has 1 saturated carbocycles. The van der Waals surface area contributed by atoms with Crippen LogP contribution in [0, 0.1) is 12.8 Å². The fraction of sp³-hybridized carbons (Fsp3) is 0.615. The summed E-state index contributed by atoms with van der Waals surface area (Å²) in [5, 5.41) is 8.61. The molecule has 19 heavy (non-hydrogen) atoms. The first-order valence-electron chi connectivity index (χ1n) is 6.77. The third-order valence-corrected chi connectivity index (χ3v) is 4.63. The highest BCUT2D eigenvalue weighted by molar-refractivity contribution is 7.20. The summed E-state index contributed by atoms with van der Waals surface area (Å²) in [6, 6.07) is 1.98. The highest BCUT2D eigenvalue weighted by Crippen LogP contribution is 2.28. The van der Waals surface area contributed by atoms with Crippen molar-refractivity contribution in [2.45, 2.75) is 45.6 Å². The number of hydrogen-bond acceptors (Lipinski definition) is 5. The summed E-state index contributed by atoms with van der Waals surface area (Å²) in [6.07, 6.45) is 5.03. The van der Waals surface area contributed by atoms with Crippen molar-refractivity contribution in [1.82, 2.24) is 14.6 Å². The van der Waals surface area contributed by atoms with Gasteiger partial charge in [-0.3, -0.25) is 4.79 Å². The zero-order valence-corrected chi connectivity index (χ0v) is 12.0. The van der Waals surface area contributed by atoms with Crippen LogP contribution in [0.2, 0.25) is 0 Å². The number of anilines is 1. The molecular formula is C13H18N4OS. The van der Waals surface area contributed by atoms with Gasteiger partial charge in [-0.2, -0.15) is 4.52 Å². The van der Waals surface area contributed by atoms with Gasteiger partial charge < -0.3 is 5.32 Å². The maximum atomic E-state index is 11.8. The van der Waals surface area contributed by atoms with Crippen molar-refractivity contribution in [3.05, 3.63) is 22.1 Å². The van der Waals surface area contributed by atoms with E-state index >= 15 is 0 Å². The molecule has 2 aromatic heterocycles. The SMILES string of the molecule is Cc1cc(=O)n2nc(NC3CCCCC3C)sc2n1. The highest BCUT2D eigenvalue weighted by Gasteiger charge is 2.22. The second kappa shape index (κ2) is 4.92. The van der Waals surface area contributed by atoms with Gasteiger partial charge in [-0.1, -0.05) is 31.1 Å². The lowest BCUT2D eigenvalue weighted by molar-refractivity contribution is 0.349. The minimum atomic E-state index is -0.108. The summed E-state index contributed by atoms with van der Waals surface area (Å²) >= 11 is 1.45. The number of aromatic nitrogens is 3. The van der Waals surface area contributed by atoms with Gasteiger partial charge in [0.15, 0.2) is 0 Å². The quantitative estimate of drug-likeness (QED) is 0.916. The van der Waals surface area contributed by atoms with Crippen molar-refractivity contribution in [2.75, 3.05) is 5.32 Å². The fourth-order valence-corrected chi connectivity index (χ4v) is 3.58. The average Bonchev–Trinajstić information content (AvgIpc) is 2.75. The topological polar surface area (TPSA) is 59.3 Å². The Morgan fingerprint density at radius 3 is 3.00 bits per heavy atom. The van der Waals surface area contributed by atoms with E-state index in [1.165, 1.54) is 47.6 Å². The van der Waals surface area contributed by atoms with Crippen molar-refractivity contribution >= 4 is 21.4 Å². The Labute approximate surface area is 115 Å². The van der Waals surface area contributed by atoms with E-state index in [1.807, 2.05) is 6.92 Å². The van der Waals surface area contributed by atoms with E-state index in [1.54, 1.807) is 0 Å². The van der Waals surface area contributed by atoms with Gasteiger partial charge in [-0.15, -0.1) is 5.10 Å². The van der Waals surface area contributed by atoms with Gasteiger partial charge in [-0.05, 0) is 25.7 Å². The maximum Gasteiger partial charge on any atom is 0.275 e. The van der Waals surface area contributed by atoms with Crippen LogP contribution in [0.5, 0.6) is 0 Å². The molecule has 2 atom stereocenters. The minimum absolute atomic E-state index is 0.108. The zero-order chi connectivity index (χ0) is 13.4. The third-order valence-electron chi connectivity index (χ3n) is 3.79. The van der Waals surface area contributed by atoms with Crippen molar-refractivity contribution in [3.63, 3.8) is 0 Å². The first-order valence-corrected chi connectivity index (χ1v) is 7.59. The molecule has 6 heteroatoms. The van der Waals surface area contributed by atoms with Gasteiger partial charge in [0.2, 0.25) is 10.1 Å². The van der Waals surface area contributed by atoms with Crippen molar-refractivity contribution in [3.8, 4) is 0 Å². The smallest absolute Gasteiger partial charge is 0.275 e. The average molecular weight is 278 g/mol. The number of rotatable bonds is 2. The summed E-state index contributed by atoms with van der Waals surface area (Å²) in [5.41, 5.74) is 0.634. The molecule has 1 fully saturated rings. The summed E-state index contributed by atoms with van der Waals surface area (Å²) in [5.74, 6) is 0.659. The third kappa shape index (κ3) is 2.49. The number of fused-ring (bicyclic) bond motifs is 1. The minimum Gasteiger partial charge on any atom is -0.357 e. The van der Waals surface area contributed by atoms with Crippen LogP contribution in [0.1, 0.15) is 38.3 Å². The van der Waals surface area contributed by atoms with Crippen LogP contribution < -0.4 is 10.9 Å². The van der Waals surface area contributed by atoms with Crippen LogP contribution in [0.3, 0.4) is 0 Å². The maximum absolute atomic E-state index is 11.8. The second-order valence-corrected chi connectivity index (χ2v) is 6.31. The van der Waals surface area contributed by atoms with Gasteiger partial charge in [0.05, 0.1) is 0 Å². The highest BCUT2D eigenvalue weighted by atomic mass is 32.1. The van der Waals surface area contributed by atoms with Crippen LogP contribution in [0.15, 0.2) is 10.9 Å². The lowest BCUT2D eigenvalue weighted by atomic mass is 9.86. The molecule has 1 N–H and O–H groups in total. The number of nitrogens with one attached hydrogen (secondary N) is 1. The van der Waals surface area contributed by atoms with Crippen molar-refractivity contribution in [1.29, 1.82) is 0 Å². The number of aryl methyl sites for hydroxylation is 1. The van der Waals surface area contributed by atoms with Gasteiger partial charge in [-0.25, -0.2) is 4.98 Å². The molecule has 0 aliphatic heterocycles. The molecule has 0 radical (unpaired) electrons. The molecule has 2 heterocycles. The Morgan fingerprint density at radius 2 is 2.21 bits per heavy atom. The summed E-state index contributed by atoms with van der Waals surface area (Å²) in [6.45, 7) is 4.11. The van der Waals surface area contributed by atoms with E-state index in [-0.39, 0.29) is 5.56 Å². The second-order valence-electron chi connectivity index (χ2n) is 5.35. The number of hydrogen-bond donors (Lipinski definition) is 1. The zero-order valence-electron chi connectivity index (χ0n) is 11.2. The molecule has 5 nitrogen and oxygen atoms in total. The molecule has 0 aromatic carbocycles. The fourth-order valence-electron chi connectivity index (χ4n) is 2.67. The molecule has 1 aliphatic rings. The van der Waals surface area contributed by atoms with E-state index in [4.69, 9.17) is 0 Å². The summed E-state index contributed by atoms with van der Waals surface area (Å²) < 4.78 is 1.38. The molecule has 3 rings (SSSR count). The van der Waals surface area contributed by atoms with E-state index in [9.17, 15) is 4.79 Å². The molecule has 0 amide bonds. The Balaban J connectivity index is 1.89. The Bertz CT molecular complexity index is 648. The molecule has 0 bridgehead atoms. The first kappa shape index (κ1) is 12.6. The molecule has 2 unspecified atom stereocenters. The molecule has 0 saturated heterocycles. The predicted molar refractivity (Wildman–Crippen MR) is 76.9 cm³/mol. The summed E-state index contributed by atoms with van der Waals surface area (Å²) in [4.78, 5) is 16.8. The van der Waals surface area contributed by atoms with Crippen LogP contribution in [-0.4, -0.2) is 20.6 Å². The van der Waals surface area contributed by atoms with Crippen LogP contribution in [0.25, 0.3) is 4.96 Å². The molecule has 102 valence electrons. The van der Waals surface area contributed by atoms with E-state index in [0.717, 1.165) is 10.8 Å². The van der Waals surface area contributed by atoms with Gasteiger partial charge in [0.1, 0.15) is 0 Å². The first-order chi connectivity index (χ1) is 9.13.